The third-order valence-electron chi connectivity index (χ3n) is 2.77. The van der Waals surface area contributed by atoms with Crippen LogP contribution in [0.25, 0.3) is 0 Å². The Balaban J connectivity index is 2.76. The first-order chi connectivity index (χ1) is 8.47. The second-order valence-corrected chi connectivity index (χ2v) is 4.55. The zero-order valence-corrected chi connectivity index (χ0v) is 10.9. The van der Waals surface area contributed by atoms with Crippen LogP contribution in [0.5, 0.6) is 0 Å². The zero-order chi connectivity index (χ0) is 13.7. The van der Waals surface area contributed by atoms with E-state index >= 15 is 0 Å². The van der Waals surface area contributed by atoms with Crippen molar-refractivity contribution in [3.8, 4) is 0 Å². The number of carbonyl (C=O) groups excluding carboxylic acids is 1. The van der Waals surface area contributed by atoms with Crippen LogP contribution in [0.4, 0.5) is 8.78 Å². The molecule has 0 aliphatic heterocycles. The van der Waals surface area contributed by atoms with E-state index in [1.54, 1.807) is 0 Å². The number of hydrogen-bond donors (Lipinski definition) is 0. The van der Waals surface area contributed by atoms with Crippen LogP contribution in [-0.4, -0.2) is 12.6 Å². The van der Waals surface area contributed by atoms with Gasteiger partial charge in [0.2, 0.25) is 0 Å². The molecular weight excluding hydrogens is 238 g/mol. The SMILES string of the molecule is CCCC(C)COC(=O)c1c(F)ccc(C)c1F. The monoisotopic (exact) mass is 256 g/mol. The van der Waals surface area contributed by atoms with Gasteiger partial charge < -0.3 is 4.74 Å². The van der Waals surface area contributed by atoms with Crippen molar-refractivity contribution in [1.29, 1.82) is 0 Å². The Kier molecular flexibility index (Phi) is 5.25. The fourth-order valence-corrected chi connectivity index (χ4v) is 1.71. The molecule has 0 aliphatic carbocycles. The van der Waals surface area contributed by atoms with E-state index in [9.17, 15) is 13.6 Å². The lowest BCUT2D eigenvalue weighted by Gasteiger charge is -2.12. The number of rotatable bonds is 5. The summed E-state index contributed by atoms with van der Waals surface area (Å²) in [5.41, 5.74) is -0.372. The number of benzene rings is 1. The number of carbonyl (C=O) groups is 1. The average Bonchev–Trinajstić information content (AvgIpc) is 2.32. The lowest BCUT2D eigenvalue weighted by Crippen LogP contribution is -2.15. The first-order valence-corrected chi connectivity index (χ1v) is 6.09. The maximum atomic E-state index is 13.6. The van der Waals surface area contributed by atoms with E-state index in [4.69, 9.17) is 4.74 Å². The minimum Gasteiger partial charge on any atom is -0.462 e. The van der Waals surface area contributed by atoms with Crippen molar-refractivity contribution < 1.29 is 18.3 Å². The molecule has 0 fully saturated rings. The van der Waals surface area contributed by atoms with Gasteiger partial charge in [0, 0.05) is 0 Å². The van der Waals surface area contributed by atoms with Gasteiger partial charge in [0.05, 0.1) is 6.61 Å². The Labute approximate surface area is 106 Å². The summed E-state index contributed by atoms with van der Waals surface area (Å²) in [5.74, 6) is -2.47. The molecule has 1 aromatic carbocycles. The van der Waals surface area contributed by atoms with Gasteiger partial charge >= 0.3 is 5.97 Å². The Morgan fingerprint density at radius 3 is 2.67 bits per heavy atom. The van der Waals surface area contributed by atoms with Gasteiger partial charge in [-0.1, -0.05) is 26.3 Å². The van der Waals surface area contributed by atoms with Gasteiger partial charge in [-0.2, -0.15) is 0 Å². The molecule has 0 radical (unpaired) electrons. The summed E-state index contributed by atoms with van der Waals surface area (Å²) in [6, 6.07) is 2.37. The quantitative estimate of drug-likeness (QED) is 0.748. The maximum Gasteiger partial charge on any atom is 0.344 e. The van der Waals surface area contributed by atoms with Crippen molar-refractivity contribution in [2.45, 2.75) is 33.6 Å². The molecule has 2 nitrogen and oxygen atoms in total. The van der Waals surface area contributed by atoms with Gasteiger partial charge in [-0.15, -0.1) is 0 Å². The molecule has 0 spiro atoms. The van der Waals surface area contributed by atoms with E-state index < -0.39 is 23.2 Å². The average molecular weight is 256 g/mol. The van der Waals surface area contributed by atoms with E-state index in [0.29, 0.717) is 0 Å². The highest BCUT2D eigenvalue weighted by molar-refractivity contribution is 5.90. The standard InChI is InChI=1S/C14H18F2O2/c1-4-5-9(2)8-18-14(17)12-11(15)7-6-10(3)13(12)16/h6-7,9H,4-5,8H2,1-3H3. The molecule has 4 heteroatoms. The molecule has 1 atom stereocenters. The minimum atomic E-state index is -0.934. The highest BCUT2D eigenvalue weighted by Gasteiger charge is 2.20. The Hall–Kier alpha value is -1.45. The molecule has 1 aromatic rings. The molecule has 0 saturated heterocycles. The van der Waals surface area contributed by atoms with Crippen LogP contribution in [0.3, 0.4) is 0 Å². The van der Waals surface area contributed by atoms with Gasteiger partial charge in [-0.3, -0.25) is 0 Å². The number of ether oxygens (including phenoxy) is 1. The lowest BCUT2D eigenvalue weighted by molar-refractivity contribution is 0.0432. The molecule has 1 rings (SSSR count). The molecule has 100 valence electrons. The fraction of sp³-hybridized carbons (Fsp3) is 0.500. The fourth-order valence-electron chi connectivity index (χ4n) is 1.71. The van der Waals surface area contributed by atoms with E-state index in [1.165, 1.54) is 13.0 Å². The summed E-state index contributed by atoms with van der Waals surface area (Å²) in [6.07, 6.45) is 1.89. The van der Waals surface area contributed by atoms with Crippen molar-refractivity contribution >= 4 is 5.97 Å². The van der Waals surface area contributed by atoms with Crippen LogP contribution in [0.1, 0.15) is 42.6 Å². The topological polar surface area (TPSA) is 26.3 Å². The van der Waals surface area contributed by atoms with Crippen LogP contribution in [0.2, 0.25) is 0 Å². The molecule has 0 amide bonds. The van der Waals surface area contributed by atoms with Crippen molar-refractivity contribution in [3.05, 3.63) is 34.9 Å². The molecule has 0 heterocycles. The van der Waals surface area contributed by atoms with Gasteiger partial charge in [-0.25, -0.2) is 13.6 Å². The Morgan fingerprint density at radius 1 is 1.39 bits per heavy atom. The highest BCUT2D eigenvalue weighted by Crippen LogP contribution is 2.18. The second-order valence-electron chi connectivity index (χ2n) is 4.55. The highest BCUT2D eigenvalue weighted by atomic mass is 19.1. The van der Waals surface area contributed by atoms with Gasteiger partial charge in [0.1, 0.15) is 17.2 Å². The third-order valence-corrected chi connectivity index (χ3v) is 2.77. The maximum absolute atomic E-state index is 13.6. The van der Waals surface area contributed by atoms with Gasteiger partial charge in [-0.05, 0) is 30.9 Å². The summed E-state index contributed by atoms with van der Waals surface area (Å²) >= 11 is 0. The second kappa shape index (κ2) is 6.47. The number of esters is 1. The third kappa shape index (κ3) is 3.52. The Morgan fingerprint density at radius 2 is 2.06 bits per heavy atom. The predicted octanol–water partition coefficient (Wildman–Crippen LogP) is 3.87. The van der Waals surface area contributed by atoms with Gasteiger partial charge in [0.25, 0.3) is 0 Å². The number of halogens is 2. The Bertz CT molecular complexity index is 430. The normalized spacial score (nSPS) is 12.3. The number of aryl methyl sites for hydroxylation is 1. The first kappa shape index (κ1) is 14.6. The van der Waals surface area contributed by atoms with Crippen LogP contribution in [-0.2, 0) is 4.74 Å². The minimum absolute atomic E-state index is 0.180. The first-order valence-electron chi connectivity index (χ1n) is 6.09. The van der Waals surface area contributed by atoms with Crippen molar-refractivity contribution in [3.63, 3.8) is 0 Å². The summed E-state index contributed by atoms with van der Waals surface area (Å²) < 4.78 is 32.0. The largest absolute Gasteiger partial charge is 0.462 e. The van der Waals surface area contributed by atoms with Crippen LogP contribution in [0, 0.1) is 24.5 Å². The molecule has 1 unspecified atom stereocenters. The van der Waals surface area contributed by atoms with E-state index in [-0.39, 0.29) is 18.1 Å². The lowest BCUT2D eigenvalue weighted by atomic mass is 10.1. The van der Waals surface area contributed by atoms with E-state index in [0.717, 1.165) is 18.9 Å². The van der Waals surface area contributed by atoms with Crippen LogP contribution in [0.15, 0.2) is 12.1 Å². The summed E-state index contributed by atoms with van der Waals surface area (Å²) in [6.45, 7) is 5.61. The smallest absolute Gasteiger partial charge is 0.344 e. The molecule has 0 bridgehead atoms. The van der Waals surface area contributed by atoms with E-state index in [2.05, 4.69) is 0 Å². The van der Waals surface area contributed by atoms with Crippen molar-refractivity contribution in [1.82, 2.24) is 0 Å². The predicted molar refractivity (Wildman–Crippen MR) is 65.4 cm³/mol. The molecule has 0 aromatic heterocycles. The molecule has 18 heavy (non-hydrogen) atoms. The van der Waals surface area contributed by atoms with Crippen molar-refractivity contribution in [2.24, 2.45) is 5.92 Å². The van der Waals surface area contributed by atoms with Crippen LogP contribution < -0.4 is 0 Å². The summed E-state index contributed by atoms with van der Waals surface area (Å²) in [5, 5.41) is 0. The molecule has 0 aliphatic rings. The molecule has 0 N–H and O–H groups in total. The van der Waals surface area contributed by atoms with Crippen molar-refractivity contribution in [2.75, 3.05) is 6.61 Å². The van der Waals surface area contributed by atoms with Crippen LogP contribution >= 0.6 is 0 Å². The number of hydrogen-bond acceptors (Lipinski definition) is 2. The zero-order valence-electron chi connectivity index (χ0n) is 10.9. The van der Waals surface area contributed by atoms with Gasteiger partial charge in [0.15, 0.2) is 0 Å². The summed E-state index contributed by atoms with van der Waals surface area (Å²) in [4.78, 5) is 11.6. The molecular formula is C14H18F2O2. The van der Waals surface area contributed by atoms with E-state index in [1.807, 2.05) is 13.8 Å². The molecule has 0 saturated carbocycles. The summed E-state index contributed by atoms with van der Waals surface area (Å²) in [7, 11) is 0.